The lowest BCUT2D eigenvalue weighted by atomic mass is 10.2. The number of nitrogens with zero attached hydrogens (tertiary/aromatic N) is 2. The van der Waals surface area contributed by atoms with Gasteiger partial charge in [-0.2, -0.15) is 0 Å². The molecule has 1 saturated heterocycles. The third-order valence-electron chi connectivity index (χ3n) is 2.83. The summed E-state index contributed by atoms with van der Waals surface area (Å²) in [5, 5.41) is 0. The second-order valence-corrected chi connectivity index (χ2v) is 3.93. The summed E-state index contributed by atoms with van der Waals surface area (Å²) in [6.07, 6.45) is 1.49. The van der Waals surface area contributed by atoms with Gasteiger partial charge in [0.05, 0.1) is 24.8 Å². The van der Waals surface area contributed by atoms with Crippen molar-refractivity contribution in [2.24, 2.45) is 11.5 Å². The second kappa shape index (κ2) is 5.11. The number of carbonyl (C=O) groups excluding carboxylic acids is 1. The maximum absolute atomic E-state index is 10.9. The Morgan fingerprint density at radius 2 is 2.41 bits per heavy atom. The molecule has 2 heterocycles. The van der Waals surface area contributed by atoms with E-state index < -0.39 is 5.91 Å². The Balaban J connectivity index is 2.17. The van der Waals surface area contributed by atoms with Crippen molar-refractivity contribution >= 4 is 11.7 Å². The Labute approximate surface area is 99.5 Å². The summed E-state index contributed by atoms with van der Waals surface area (Å²) in [5.74, 6) is 0.329. The van der Waals surface area contributed by atoms with E-state index in [9.17, 15) is 4.79 Å². The van der Waals surface area contributed by atoms with E-state index in [-0.39, 0.29) is 6.04 Å². The minimum Gasteiger partial charge on any atom is -0.377 e. The topological polar surface area (TPSA) is 94.5 Å². The zero-order valence-electron chi connectivity index (χ0n) is 9.50. The molecular weight excluding hydrogens is 220 g/mol. The summed E-state index contributed by atoms with van der Waals surface area (Å²) in [6.45, 7) is 2.54. The number of nitrogens with two attached hydrogens (primary N) is 2. The molecule has 17 heavy (non-hydrogen) atoms. The highest BCUT2D eigenvalue weighted by molar-refractivity contribution is 5.92. The molecule has 92 valence electrons. The molecule has 1 aliphatic heterocycles. The minimum absolute atomic E-state index is 0.135. The summed E-state index contributed by atoms with van der Waals surface area (Å²) >= 11 is 0. The van der Waals surface area contributed by atoms with Crippen LogP contribution in [-0.4, -0.2) is 43.2 Å². The quantitative estimate of drug-likeness (QED) is 0.727. The van der Waals surface area contributed by atoms with Crippen molar-refractivity contribution in [1.82, 2.24) is 4.98 Å². The highest BCUT2D eigenvalue weighted by Crippen LogP contribution is 2.16. The van der Waals surface area contributed by atoms with Crippen LogP contribution in [0.3, 0.4) is 0 Å². The molecule has 0 spiro atoms. The second-order valence-electron chi connectivity index (χ2n) is 3.93. The van der Waals surface area contributed by atoms with Gasteiger partial charge < -0.3 is 21.1 Å². The molecule has 1 amide bonds. The predicted octanol–water partition coefficient (Wildman–Crippen LogP) is -0.656. The lowest BCUT2D eigenvalue weighted by Gasteiger charge is -2.35. The molecule has 4 N–H and O–H groups in total. The van der Waals surface area contributed by atoms with Gasteiger partial charge in [-0.3, -0.25) is 4.79 Å². The Hall–Kier alpha value is -1.66. The smallest absolute Gasteiger partial charge is 0.250 e. The summed E-state index contributed by atoms with van der Waals surface area (Å²) in [7, 11) is 0. The molecule has 1 atom stereocenters. The number of carbonyl (C=O) groups is 1. The number of morpholine rings is 1. The Kier molecular flexibility index (Phi) is 3.55. The van der Waals surface area contributed by atoms with E-state index in [1.807, 2.05) is 0 Å². The van der Waals surface area contributed by atoms with Crippen LogP contribution in [0.4, 0.5) is 5.82 Å². The number of primary amides is 1. The van der Waals surface area contributed by atoms with Gasteiger partial charge in [0.1, 0.15) is 5.82 Å². The van der Waals surface area contributed by atoms with Crippen LogP contribution >= 0.6 is 0 Å². The SMILES string of the molecule is NCC1COCCN1c1ccc(C(N)=O)cn1. The first-order valence-electron chi connectivity index (χ1n) is 5.52. The lowest BCUT2D eigenvalue weighted by molar-refractivity contribution is 0.0957. The van der Waals surface area contributed by atoms with Gasteiger partial charge >= 0.3 is 0 Å². The number of rotatable bonds is 3. The van der Waals surface area contributed by atoms with Crippen molar-refractivity contribution in [2.75, 3.05) is 31.2 Å². The average molecular weight is 236 g/mol. The van der Waals surface area contributed by atoms with Gasteiger partial charge in [-0.15, -0.1) is 0 Å². The van der Waals surface area contributed by atoms with Crippen LogP contribution in [0.5, 0.6) is 0 Å². The number of hydrogen-bond donors (Lipinski definition) is 2. The predicted molar refractivity (Wildman–Crippen MR) is 63.8 cm³/mol. The summed E-state index contributed by atoms with van der Waals surface area (Å²) in [6, 6.07) is 3.59. The van der Waals surface area contributed by atoms with Gasteiger partial charge in [-0.1, -0.05) is 0 Å². The lowest BCUT2D eigenvalue weighted by Crippen LogP contribution is -2.49. The number of amides is 1. The molecule has 0 radical (unpaired) electrons. The first-order chi connectivity index (χ1) is 8.22. The van der Waals surface area contributed by atoms with Crippen LogP contribution in [-0.2, 0) is 4.74 Å². The monoisotopic (exact) mass is 236 g/mol. The number of aromatic nitrogens is 1. The Morgan fingerprint density at radius 1 is 1.59 bits per heavy atom. The Bertz CT molecular complexity index is 393. The summed E-state index contributed by atoms with van der Waals surface area (Å²) in [5.41, 5.74) is 11.3. The van der Waals surface area contributed by atoms with Crippen molar-refractivity contribution in [3.63, 3.8) is 0 Å². The zero-order chi connectivity index (χ0) is 12.3. The highest BCUT2D eigenvalue weighted by atomic mass is 16.5. The maximum atomic E-state index is 10.9. The van der Waals surface area contributed by atoms with E-state index in [0.717, 1.165) is 12.4 Å². The number of pyridine rings is 1. The Morgan fingerprint density at radius 3 is 3.00 bits per heavy atom. The first kappa shape index (κ1) is 11.8. The van der Waals surface area contributed by atoms with E-state index in [1.54, 1.807) is 12.1 Å². The van der Waals surface area contributed by atoms with E-state index in [4.69, 9.17) is 16.2 Å². The largest absolute Gasteiger partial charge is 0.377 e. The standard InChI is InChI=1S/C11H16N4O2/c12-5-9-7-17-4-3-15(9)10-2-1-8(6-14-10)11(13)16/h1-2,6,9H,3-5,7,12H2,(H2,13,16). The van der Waals surface area contributed by atoms with Crippen molar-refractivity contribution in [3.8, 4) is 0 Å². The zero-order valence-corrected chi connectivity index (χ0v) is 9.50. The van der Waals surface area contributed by atoms with Crippen LogP contribution in [0.25, 0.3) is 0 Å². The van der Waals surface area contributed by atoms with Gasteiger partial charge in [-0.25, -0.2) is 4.98 Å². The van der Waals surface area contributed by atoms with Gasteiger partial charge in [0.15, 0.2) is 0 Å². The fourth-order valence-corrected chi connectivity index (χ4v) is 1.85. The molecule has 1 aromatic rings. The van der Waals surface area contributed by atoms with Gasteiger partial charge in [-0.05, 0) is 12.1 Å². The number of ether oxygens (including phenoxy) is 1. The van der Waals surface area contributed by atoms with Crippen molar-refractivity contribution < 1.29 is 9.53 Å². The van der Waals surface area contributed by atoms with Gasteiger partial charge in [0, 0.05) is 19.3 Å². The van der Waals surface area contributed by atoms with E-state index in [0.29, 0.717) is 25.3 Å². The molecule has 0 aliphatic carbocycles. The summed E-state index contributed by atoms with van der Waals surface area (Å²) in [4.78, 5) is 17.3. The highest BCUT2D eigenvalue weighted by Gasteiger charge is 2.22. The van der Waals surface area contributed by atoms with Crippen LogP contribution in [0.15, 0.2) is 18.3 Å². The first-order valence-corrected chi connectivity index (χ1v) is 5.52. The number of hydrogen-bond acceptors (Lipinski definition) is 5. The van der Waals surface area contributed by atoms with Crippen LogP contribution in [0.1, 0.15) is 10.4 Å². The normalized spacial score (nSPS) is 20.3. The molecular formula is C11H16N4O2. The minimum atomic E-state index is -0.471. The van der Waals surface area contributed by atoms with Crippen molar-refractivity contribution in [3.05, 3.63) is 23.9 Å². The van der Waals surface area contributed by atoms with Crippen molar-refractivity contribution in [1.29, 1.82) is 0 Å². The fourth-order valence-electron chi connectivity index (χ4n) is 1.85. The maximum Gasteiger partial charge on any atom is 0.250 e. The van der Waals surface area contributed by atoms with Crippen molar-refractivity contribution in [2.45, 2.75) is 6.04 Å². The van der Waals surface area contributed by atoms with Crippen LogP contribution in [0, 0.1) is 0 Å². The third kappa shape index (κ3) is 2.54. The molecule has 6 nitrogen and oxygen atoms in total. The third-order valence-corrected chi connectivity index (χ3v) is 2.83. The number of anilines is 1. The van der Waals surface area contributed by atoms with Crippen LogP contribution in [0.2, 0.25) is 0 Å². The molecule has 0 aromatic carbocycles. The molecule has 0 saturated carbocycles. The molecule has 6 heteroatoms. The van der Waals surface area contributed by atoms with E-state index >= 15 is 0 Å². The molecule has 1 aromatic heterocycles. The molecule has 2 rings (SSSR count). The fraction of sp³-hybridized carbons (Fsp3) is 0.455. The molecule has 1 fully saturated rings. The van der Waals surface area contributed by atoms with E-state index in [2.05, 4.69) is 9.88 Å². The summed E-state index contributed by atoms with van der Waals surface area (Å²) < 4.78 is 5.36. The van der Waals surface area contributed by atoms with Gasteiger partial charge in [0.25, 0.3) is 0 Å². The average Bonchev–Trinajstić information content (AvgIpc) is 2.39. The van der Waals surface area contributed by atoms with Gasteiger partial charge in [0.2, 0.25) is 5.91 Å². The molecule has 1 unspecified atom stereocenters. The van der Waals surface area contributed by atoms with E-state index in [1.165, 1.54) is 6.20 Å². The van der Waals surface area contributed by atoms with Crippen LogP contribution < -0.4 is 16.4 Å². The molecule has 0 bridgehead atoms. The molecule has 1 aliphatic rings.